The Balaban J connectivity index is 0.000000150. The molecule has 0 aliphatic rings. The van der Waals surface area contributed by atoms with Gasteiger partial charge in [-0.3, -0.25) is 0 Å². The van der Waals surface area contributed by atoms with E-state index in [0.29, 0.717) is 0 Å². The largest absolute Gasteiger partial charge is 2.00 e. The number of rotatable bonds is 5. The normalized spacial score (nSPS) is 12.1. The zero-order chi connectivity index (χ0) is 52.9. The molecule has 6 heterocycles. The first-order chi connectivity index (χ1) is 38.0. The summed E-state index contributed by atoms with van der Waals surface area (Å²) in [7, 11) is 0. The van der Waals surface area contributed by atoms with Crippen LogP contribution in [0, 0.1) is 12.1 Å². The molecule has 0 saturated carbocycles. The Labute approximate surface area is 474 Å². The summed E-state index contributed by atoms with van der Waals surface area (Å²) < 4.78 is 9.28. The predicted molar refractivity (Wildman–Crippen MR) is 326 cm³/mol. The van der Waals surface area contributed by atoms with E-state index in [1.807, 2.05) is 24.5 Å². The van der Waals surface area contributed by atoms with Gasteiger partial charge in [0.2, 0.25) is 0 Å². The molecule has 0 atom stereocenters. The molecule has 0 bridgehead atoms. The molecule has 384 valence electrons. The molecule has 0 amide bonds. The monoisotopic (exact) mass is 1200 g/mol. The second-order valence-electron chi connectivity index (χ2n) is 22.5. The van der Waals surface area contributed by atoms with Gasteiger partial charge in [-0.25, -0.2) is 9.97 Å². The maximum absolute atomic E-state index is 4.83. The Morgan fingerprint density at radius 3 is 1.35 bits per heavy atom. The van der Waals surface area contributed by atoms with Crippen LogP contribution in [-0.2, 0) is 31.9 Å². The first-order valence-corrected chi connectivity index (χ1v) is 26.9. The Morgan fingerprint density at radius 1 is 0.342 bits per heavy atom. The predicted octanol–water partition coefficient (Wildman–Crippen LogP) is 18.4. The maximum atomic E-state index is 4.83. The number of nitrogens with zero attached hydrogens (tertiary/aromatic N) is 6. The van der Waals surface area contributed by atoms with E-state index in [0.717, 1.165) is 45.1 Å². The summed E-state index contributed by atoms with van der Waals surface area (Å²) in [6.07, 6.45) is 3.84. The van der Waals surface area contributed by atoms with E-state index in [-0.39, 0.29) is 31.9 Å². The van der Waals surface area contributed by atoms with Crippen molar-refractivity contribution >= 4 is 87.2 Å². The van der Waals surface area contributed by atoms with E-state index in [1.54, 1.807) is 0 Å². The van der Waals surface area contributed by atoms with Gasteiger partial charge in [-0.15, -0.1) is 10.8 Å². The SMILES string of the molecule is CC(C)(C)c1ccnc(-n2c3[c-]cccc3c3cc(-c4cccc5c6ccccc6n(-c6ccccc6)c45)ccc32)c1.CC(C)(C)c1ccnc(-n2c3[c-]cccc3c3cc(-n4c5ccccc5c5ccccc54)ccc32)c1.[Pt+2]. The maximum Gasteiger partial charge on any atom is 2.00 e. The number of aromatic nitrogens is 6. The van der Waals surface area contributed by atoms with E-state index in [4.69, 9.17) is 9.97 Å². The Bertz CT molecular complexity index is 4770. The topological polar surface area (TPSA) is 45.5 Å². The molecule has 0 N–H and O–H groups in total. The van der Waals surface area contributed by atoms with Crippen LogP contribution in [0.2, 0.25) is 0 Å². The molecule has 79 heavy (non-hydrogen) atoms. The van der Waals surface area contributed by atoms with Crippen LogP contribution in [0.5, 0.6) is 0 Å². The molecule has 15 aromatic rings. The van der Waals surface area contributed by atoms with Crippen LogP contribution in [-0.4, -0.2) is 28.2 Å². The van der Waals surface area contributed by atoms with E-state index in [2.05, 4.69) is 278 Å². The molecule has 6 aromatic heterocycles. The second-order valence-corrected chi connectivity index (χ2v) is 22.5. The molecule has 0 unspecified atom stereocenters. The van der Waals surface area contributed by atoms with Crippen molar-refractivity contribution in [2.45, 2.75) is 52.4 Å². The van der Waals surface area contributed by atoms with Crippen LogP contribution >= 0.6 is 0 Å². The minimum atomic E-state index is 0. The molecule has 0 aliphatic heterocycles. The van der Waals surface area contributed by atoms with Gasteiger partial charge >= 0.3 is 21.1 Å². The summed E-state index contributed by atoms with van der Waals surface area (Å²) in [6, 6.07) is 85.1. The Kier molecular flexibility index (Phi) is 12.1. The quantitative estimate of drug-likeness (QED) is 0.161. The van der Waals surface area contributed by atoms with Crippen molar-refractivity contribution in [3.8, 4) is 34.1 Å². The van der Waals surface area contributed by atoms with Crippen molar-refractivity contribution in [3.05, 3.63) is 254 Å². The van der Waals surface area contributed by atoms with Crippen molar-refractivity contribution < 1.29 is 21.1 Å². The third-order valence-corrected chi connectivity index (χ3v) is 15.7. The van der Waals surface area contributed by atoms with Gasteiger partial charge in [-0.2, -0.15) is 48.5 Å². The summed E-state index contributed by atoms with van der Waals surface area (Å²) in [5.74, 6) is 1.85. The number of pyridine rings is 2. The first kappa shape index (κ1) is 49.7. The molecule has 9 aromatic carbocycles. The summed E-state index contributed by atoms with van der Waals surface area (Å²) in [6.45, 7) is 13.4. The zero-order valence-corrected chi connectivity index (χ0v) is 47.2. The van der Waals surface area contributed by atoms with Crippen LogP contribution in [0.15, 0.2) is 231 Å². The molecule has 7 heteroatoms. The minimum absolute atomic E-state index is 0. The molecule has 0 saturated heterocycles. The number of hydrogen-bond donors (Lipinski definition) is 0. The minimum Gasteiger partial charge on any atom is -0.319 e. The fourth-order valence-corrected chi connectivity index (χ4v) is 11.9. The van der Waals surface area contributed by atoms with Crippen molar-refractivity contribution in [2.75, 3.05) is 0 Å². The van der Waals surface area contributed by atoms with E-state index >= 15 is 0 Å². The summed E-state index contributed by atoms with van der Waals surface area (Å²) in [5, 5.41) is 9.80. The van der Waals surface area contributed by atoms with Gasteiger partial charge in [0.05, 0.1) is 22.1 Å². The fourth-order valence-electron chi connectivity index (χ4n) is 11.9. The van der Waals surface area contributed by atoms with Gasteiger partial charge in [-0.1, -0.05) is 156 Å². The third kappa shape index (κ3) is 8.28. The van der Waals surface area contributed by atoms with Crippen molar-refractivity contribution in [1.82, 2.24) is 28.2 Å². The van der Waals surface area contributed by atoms with Gasteiger partial charge in [0.1, 0.15) is 11.6 Å². The molecule has 0 radical (unpaired) electrons. The van der Waals surface area contributed by atoms with E-state index < -0.39 is 0 Å². The van der Waals surface area contributed by atoms with Crippen molar-refractivity contribution in [1.29, 1.82) is 0 Å². The van der Waals surface area contributed by atoms with Crippen molar-refractivity contribution in [3.63, 3.8) is 0 Å². The van der Waals surface area contributed by atoms with Gasteiger partial charge < -0.3 is 18.3 Å². The summed E-state index contributed by atoms with van der Waals surface area (Å²) in [4.78, 5) is 9.61. The number of benzene rings is 9. The standard InChI is InChI=1S/C39H30N3.C33H26N3.Pt/c1-39(2,3)27-22-23-40-37(25-27)42-35-19-10-8-15-31(35)33-24-26(20-21-36(33)42)29-16-11-17-32-30-14-7-9-18-34(30)41(38(29)32)28-12-5-4-6-13-28;1-33(2,3)22-18-19-34-32(20-22)36-30-15-9-6-12-26(30)27-21-23(16-17-31(27)36)35-28-13-7-4-10-24(28)25-11-5-8-14-29(25)35;/h4-18,20-25H,1-3H3;4-14,16-21H,1-3H3;/q2*-1;+2. The smallest absolute Gasteiger partial charge is 0.319 e. The average molecular weight is 1200 g/mol. The third-order valence-electron chi connectivity index (χ3n) is 15.7. The van der Waals surface area contributed by atoms with Gasteiger partial charge in [-0.05, 0) is 117 Å². The average Bonchev–Trinajstić information content (AvgIpc) is 4.21. The van der Waals surface area contributed by atoms with Gasteiger partial charge in [0, 0.05) is 61.9 Å². The number of fused-ring (bicyclic) bond motifs is 12. The molecule has 6 nitrogen and oxygen atoms in total. The van der Waals surface area contributed by atoms with Gasteiger partial charge in [0.25, 0.3) is 0 Å². The van der Waals surface area contributed by atoms with E-state index in [1.165, 1.54) is 87.4 Å². The Hall–Kier alpha value is -8.83. The summed E-state index contributed by atoms with van der Waals surface area (Å²) in [5.41, 5.74) is 16.5. The van der Waals surface area contributed by atoms with E-state index in [9.17, 15) is 0 Å². The fraction of sp³-hybridized carbons (Fsp3) is 0.111. The summed E-state index contributed by atoms with van der Waals surface area (Å²) >= 11 is 0. The van der Waals surface area contributed by atoms with Crippen LogP contribution in [0.1, 0.15) is 52.7 Å². The zero-order valence-electron chi connectivity index (χ0n) is 44.9. The number of para-hydroxylation sites is 7. The first-order valence-electron chi connectivity index (χ1n) is 26.9. The van der Waals surface area contributed by atoms with Crippen LogP contribution < -0.4 is 0 Å². The molecule has 0 fully saturated rings. The van der Waals surface area contributed by atoms with Crippen LogP contribution in [0.3, 0.4) is 0 Å². The molecule has 15 rings (SSSR count). The molecular formula is C72H56N6Pt. The molecular weight excluding hydrogens is 1140 g/mol. The van der Waals surface area contributed by atoms with Crippen molar-refractivity contribution in [2.24, 2.45) is 0 Å². The van der Waals surface area contributed by atoms with Crippen LogP contribution in [0.25, 0.3) is 121 Å². The molecule has 0 spiro atoms. The van der Waals surface area contributed by atoms with Crippen LogP contribution in [0.4, 0.5) is 0 Å². The second kappa shape index (κ2) is 19.3. The van der Waals surface area contributed by atoms with Gasteiger partial charge in [0.15, 0.2) is 0 Å². The Morgan fingerprint density at radius 2 is 0.797 bits per heavy atom. The molecule has 0 aliphatic carbocycles. The number of hydrogen-bond acceptors (Lipinski definition) is 2.